The Balaban J connectivity index is 2.67. The Morgan fingerprint density at radius 1 is 1.17 bits per heavy atom. The molecule has 0 saturated carbocycles. The first-order chi connectivity index (χ1) is 8.54. The summed E-state index contributed by atoms with van der Waals surface area (Å²) in [6.45, 7) is 0. The Labute approximate surface area is 117 Å². The van der Waals surface area contributed by atoms with Gasteiger partial charge in [0.25, 0.3) is 0 Å². The van der Waals surface area contributed by atoms with Crippen LogP contribution in [0, 0.1) is 5.82 Å². The Kier molecular flexibility index (Phi) is 3.90. The monoisotopic (exact) mass is 306 g/mol. The number of hydrogen-bond acceptors (Lipinski definition) is 3. The molecule has 1 aromatic heterocycles. The smallest absolute Gasteiger partial charge is 0.151 e. The van der Waals surface area contributed by atoms with Crippen LogP contribution in [0.15, 0.2) is 18.5 Å². The second-order valence-electron chi connectivity index (χ2n) is 3.29. The van der Waals surface area contributed by atoms with Crippen molar-refractivity contribution in [2.24, 2.45) is 0 Å². The molecule has 0 unspecified atom stereocenters. The summed E-state index contributed by atoms with van der Waals surface area (Å²) in [5, 5.41) is 0.285. The van der Waals surface area contributed by atoms with Crippen molar-refractivity contribution in [3.63, 3.8) is 0 Å². The molecule has 18 heavy (non-hydrogen) atoms. The summed E-state index contributed by atoms with van der Waals surface area (Å²) in [5.41, 5.74) is 0.328. The molecule has 1 aromatic carbocycles. The molecule has 0 radical (unpaired) electrons. The fourth-order valence-corrected chi connectivity index (χ4v) is 1.96. The fourth-order valence-electron chi connectivity index (χ4n) is 1.40. The third-order valence-electron chi connectivity index (χ3n) is 2.24. The summed E-state index contributed by atoms with van der Waals surface area (Å²) in [6, 6.07) is 2.53. The van der Waals surface area contributed by atoms with E-state index in [-0.39, 0.29) is 26.5 Å². The van der Waals surface area contributed by atoms with Crippen LogP contribution in [0.5, 0.6) is 5.75 Å². The van der Waals surface area contributed by atoms with Crippen molar-refractivity contribution in [3.8, 4) is 17.0 Å². The topological polar surface area (TPSA) is 35.0 Å². The lowest BCUT2D eigenvalue weighted by atomic mass is 10.1. The molecule has 3 nitrogen and oxygen atoms in total. The Morgan fingerprint density at radius 2 is 1.89 bits per heavy atom. The second kappa shape index (κ2) is 5.26. The van der Waals surface area contributed by atoms with Crippen LogP contribution in [0.3, 0.4) is 0 Å². The van der Waals surface area contributed by atoms with Gasteiger partial charge in [-0.2, -0.15) is 0 Å². The number of halogens is 4. The van der Waals surface area contributed by atoms with Gasteiger partial charge in [-0.25, -0.2) is 14.4 Å². The molecule has 0 saturated heterocycles. The zero-order valence-corrected chi connectivity index (χ0v) is 11.3. The lowest BCUT2D eigenvalue weighted by Crippen LogP contribution is -1.94. The molecule has 0 amide bonds. The van der Waals surface area contributed by atoms with Gasteiger partial charge in [-0.05, 0) is 12.1 Å². The molecule has 1 heterocycles. The number of aromatic nitrogens is 2. The summed E-state index contributed by atoms with van der Waals surface area (Å²) in [5.74, 6) is -0.253. The van der Waals surface area contributed by atoms with E-state index < -0.39 is 5.82 Å². The summed E-state index contributed by atoms with van der Waals surface area (Å²) in [4.78, 5) is 7.61. The van der Waals surface area contributed by atoms with Crippen molar-refractivity contribution < 1.29 is 9.13 Å². The van der Waals surface area contributed by atoms with E-state index in [1.165, 1.54) is 19.5 Å². The van der Waals surface area contributed by atoms with Crippen LogP contribution in [0.4, 0.5) is 4.39 Å². The van der Waals surface area contributed by atoms with Crippen molar-refractivity contribution in [2.75, 3.05) is 7.11 Å². The highest BCUT2D eigenvalue weighted by molar-refractivity contribution is 6.42. The van der Waals surface area contributed by atoms with Gasteiger partial charge < -0.3 is 4.74 Å². The summed E-state index contributed by atoms with van der Waals surface area (Å²) in [7, 11) is 1.43. The molecule has 0 aliphatic rings. The predicted molar refractivity (Wildman–Crippen MR) is 69.0 cm³/mol. The van der Waals surface area contributed by atoms with E-state index in [0.717, 1.165) is 6.07 Å². The van der Waals surface area contributed by atoms with E-state index >= 15 is 0 Å². The summed E-state index contributed by atoms with van der Waals surface area (Å²) in [6.07, 6.45) is 1.20. The number of methoxy groups -OCH3 is 1. The van der Waals surface area contributed by atoms with Crippen LogP contribution in [-0.4, -0.2) is 17.1 Å². The lowest BCUT2D eigenvalue weighted by Gasteiger charge is -2.09. The molecule has 0 atom stereocenters. The SMILES string of the molecule is COc1cc(-c2ncnc(Cl)c2Cl)c(F)cc1Cl. The van der Waals surface area contributed by atoms with Gasteiger partial charge in [0, 0.05) is 5.56 Å². The van der Waals surface area contributed by atoms with Gasteiger partial charge in [0.15, 0.2) is 5.15 Å². The van der Waals surface area contributed by atoms with Crippen molar-refractivity contribution in [3.05, 3.63) is 39.5 Å². The van der Waals surface area contributed by atoms with E-state index in [1.54, 1.807) is 0 Å². The second-order valence-corrected chi connectivity index (χ2v) is 4.44. The highest BCUT2D eigenvalue weighted by Crippen LogP contribution is 2.36. The maximum Gasteiger partial charge on any atom is 0.151 e. The molecule has 2 rings (SSSR count). The van der Waals surface area contributed by atoms with Crippen molar-refractivity contribution in [1.82, 2.24) is 9.97 Å². The summed E-state index contributed by atoms with van der Waals surface area (Å²) < 4.78 is 18.9. The molecule has 2 aromatic rings. The van der Waals surface area contributed by atoms with Gasteiger partial charge in [0.05, 0.1) is 17.8 Å². The number of rotatable bonds is 2. The first-order valence-electron chi connectivity index (χ1n) is 4.74. The number of ether oxygens (including phenoxy) is 1. The van der Waals surface area contributed by atoms with E-state index in [0.29, 0.717) is 5.75 Å². The Bertz CT molecular complexity index is 607. The van der Waals surface area contributed by atoms with Crippen LogP contribution < -0.4 is 4.74 Å². The number of benzene rings is 1. The molecule has 94 valence electrons. The lowest BCUT2D eigenvalue weighted by molar-refractivity contribution is 0.414. The van der Waals surface area contributed by atoms with E-state index in [4.69, 9.17) is 39.5 Å². The molecular weight excluding hydrogens is 301 g/mol. The van der Waals surface area contributed by atoms with Gasteiger partial charge in [0.2, 0.25) is 0 Å². The molecular formula is C11H6Cl3FN2O. The van der Waals surface area contributed by atoms with Crippen molar-refractivity contribution in [2.45, 2.75) is 0 Å². The maximum atomic E-state index is 13.9. The van der Waals surface area contributed by atoms with Gasteiger partial charge in [-0.3, -0.25) is 0 Å². The van der Waals surface area contributed by atoms with Crippen LogP contribution in [0.1, 0.15) is 0 Å². The number of hydrogen-bond donors (Lipinski definition) is 0. The van der Waals surface area contributed by atoms with Gasteiger partial charge in [0.1, 0.15) is 22.9 Å². The minimum Gasteiger partial charge on any atom is -0.495 e. The Hall–Kier alpha value is -1.10. The molecule has 7 heteroatoms. The third kappa shape index (κ3) is 2.36. The first kappa shape index (κ1) is 13.3. The predicted octanol–water partition coefficient (Wildman–Crippen LogP) is 4.25. The Morgan fingerprint density at radius 3 is 2.56 bits per heavy atom. The first-order valence-corrected chi connectivity index (χ1v) is 5.87. The normalized spacial score (nSPS) is 10.5. The fraction of sp³-hybridized carbons (Fsp3) is 0.0909. The van der Waals surface area contributed by atoms with Gasteiger partial charge in [-0.1, -0.05) is 34.8 Å². The standard InChI is InChI=1S/C11H6Cl3FN2O/c1-18-8-2-5(7(15)3-6(8)12)10-9(13)11(14)17-4-16-10/h2-4H,1H3. The molecule has 0 spiro atoms. The average Bonchev–Trinajstić information content (AvgIpc) is 2.34. The average molecular weight is 308 g/mol. The van der Waals surface area contributed by atoms with Crippen molar-refractivity contribution in [1.29, 1.82) is 0 Å². The van der Waals surface area contributed by atoms with Crippen LogP contribution in [0.2, 0.25) is 15.2 Å². The zero-order valence-electron chi connectivity index (χ0n) is 9.05. The number of nitrogens with zero attached hydrogens (tertiary/aromatic N) is 2. The van der Waals surface area contributed by atoms with E-state index in [9.17, 15) is 4.39 Å². The van der Waals surface area contributed by atoms with E-state index in [2.05, 4.69) is 9.97 Å². The zero-order chi connectivity index (χ0) is 13.3. The van der Waals surface area contributed by atoms with Gasteiger partial charge in [-0.15, -0.1) is 0 Å². The third-order valence-corrected chi connectivity index (χ3v) is 3.28. The summed E-state index contributed by atoms with van der Waals surface area (Å²) >= 11 is 17.5. The molecule has 0 aliphatic carbocycles. The van der Waals surface area contributed by atoms with E-state index in [1.807, 2.05) is 0 Å². The highest BCUT2D eigenvalue weighted by atomic mass is 35.5. The van der Waals surface area contributed by atoms with Crippen LogP contribution in [0.25, 0.3) is 11.3 Å². The molecule has 0 aliphatic heterocycles. The van der Waals surface area contributed by atoms with Crippen molar-refractivity contribution >= 4 is 34.8 Å². The largest absolute Gasteiger partial charge is 0.495 e. The van der Waals surface area contributed by atoms with Crippen LogP contribution >= 0.6 is 34.8 Å². The van der Waals surface area contributed by atoms with Crippen LogP contribution in [-0.2, 0) is 0 Å². The molecule has 0 bridgehead atoms. The van der Waals surface area contributed by atoms with Gasteiger partial charge >= 0.3 is 0 Å². The molecule has 0 N–H and O–H groups in total. The maximum absolute atomic E-state index is 13.9. The highest BCUT2D eigenvalue weighted by Gasteiger charge is 2.16. The quantitative estimate of drug-likeness (QED) is 0.778. The molecule has 0 fully saturated rings. The minimum atomic E-state index is -0.572. The minimum absolute atomic E-state index is 0.0509.